The van der Waals surface area contributed by atoms with Gasteiger partial charge in [-0.3, -0.25) is 4.79 Å². The van der Waals surface area contributed by atoms with Crippen molar-refractivity contribution in [3.8, 4) is 11.1 Å². The smallest absolute Gasteiger partial charge is 0.266 e. The van der Waals surface area contributed by atoms with Gasteiger partial charge in [-0.25, -0.2) is 4.98 Å². The first kappa shape index (κ1) is 12.1. The lowest BCUT2D eigenvalue weighted by Gasteiger charge is -2.06. The van der Waals surface area contributed by atoms with Crippen molar-refractivity contribution in [2.45, 2.75) is 0 Å². The molecule has 3 aromatic rings. The number of hydrogen-bond acceptors (Lipinski definition) is 3. The van der Waals surface area contributed by atoms with Crippen LogP contribution in [-0.2, 0) is 4.79 Å². The van der Waals surface area contributed by atoms with E-state index < -0.39 is 5.91 Å². The number of amides is 1. The maximum Gasteiger partial charge on any atom is 0.266 e. The van der Waals surface area contributed by atoms with Gasteiger partial charge >= 0.3 is 0 Å². The molecule has 0 saturated carbocycles. The Morgan fingerprint density at radius 2 is 2.15 bits per heavy atom. The predicted molar refractivity (Wildman–Crippen MR) is 78.9 cm³/mol. The third-order valence-corrected chi connectivity index (χ3v) is 2.99. The Bertz CT molecular complexity index is 791. The highest BCUT2D eigenvalue weighted by Crippen LogP contribution is 2.24. The molecular formula is C15H12N4O. The van der Waals surface area contributed by atoms with Gasteiger partial charge in [-0.05, 0) is 29.8 Å². The Morgan fingerprint density at radius 3 is 3.00 bits per heavy atom. The molecule has 0 saturated heterocycles. The topological polar surface area (TPSA) is 81.6 Å². The van der Waals surface area contributed by atoms with Crippen LogP contribution in [0.5, 0.6) is 0 Å². The summed E-state index contributed by atoms with van der Waals surface area (Å²) >= 11 is 0. The monoisotopic (exact) mass is 264 g/mol. The van der Waals surface area contributed by atoms with E-state index in [1.165, 1.54) is 0 Å². The van der Waals surface area contributed by atoms with Crippen LogP contribution in [0, 0.1) is 5.41 Å². The zero-order valence-electron chi connectivity index (χ0n) is 10.6. The fraction of sp³-hybridized carbons (Fsp3) is 0. The second-order valence-electron chi connectivity index (χ2n) is 4.35. The average Bonchev–Trinajstić information content (AvgIpc) is 2.94. The number of pyridine rings is 1. The molecule has 0 bridgehead atoms. The van der Waals surface area contributed by atoms with Crippen molar-refractivity contribution in [3.05, 3.63) is 48.8 Å². The third-order valence-electron chi connectivity index (χ3n) is 2.99. The Kier molecular flexibility index (Phi) is 3.01. The van der Waals surface area contributed by atoms with E-state index in [2.05, 4.69) is 15.3 Å². The SMILES string of the molecule is N=CC(=O)Nc1cccc(-c2cnc3[nH]ccc3c2)c1. The molecule has 0 aliphatic heterocycles. The lowest BCUT2D eigenvalue weighted by Crippen LogP contribution is -2.11. The van der Waals surface area contributed by atoms with E-state index in [0.717, 1.165) is 28.4 Å². The maximum atomic E-state index is 11.2. The average molecular weight is 264 g/mol. The quantitative estimate of drug-likeness (QED) is 0.636. The van der Waals surface area contributed by atoms with Crippen molar-refractivity contribution in [2.24, 2.45) is 0 Å². The van der Waals surface area contributed by atoms with E-state index in [9.17, 15) is 4.79 Å². The van der Waals surface area contributed by atoms with E-state index in [0.29, 0.717) is 5.69 Å². The second-order valence-corrected chi connectivity index (χ2v) is 4.35. The van der Waals surface area contributed by atoms with Crippen LogP contribution in [0.15, 0.2) is 48.8 Å². The third kappa shape index (κ3) is 2.29. The highest BCUT2D eigenvalue weighted by molar-refractivity contribution is 6.30. The maximum absolute atomic E-state index is 11.2. The molecule has 20 heavy (non-hydrogen) atoms. The van der Waals surface area contributed by atoms with Gasteiger partial charge in [0.2, 0.25) is 0 Å². The summed E-state index contributed by atoms with van der Waals surface area (Å²) in [6, 6.07) is 11.5. The van der Waals surface area contributed by atoms with Crippen LogP contribution < -0.4 is 5.32 Å². The van der Waals surface area contributed by atoms with Crippen LogP contribution in [0.4, 0.5) is 5.69 Å². The van der Waals surface area contributed by atoms with Crippen molar-refractivity contribution in [3.63, 3.8) is 0 Å². The van der Waals surface area contributed by atoms with Gasteiger partial charge in [-0.15, -0.1) is 0 Å². The van der Waals surface area contributed by atoms with Crippen molar-refractivity contribution in [1.29, 1.82) is 5.41 Å². The van der Waals surface area contributed by atoms with E-state index in [4.69, 9.17) is 5.41 Å². The van der Waals surface area contributed by atoms with Crippen LogP contribution >= 0.6 is 0 Å². The molecule has 0 spiro atoms. The number of rotatable bonds is 3. The molecule has 0 fully saturated rings. The molecule has 5 heteroatoms. The minimum Gasteiger partial charge on any atom is -0.346 e. The summed E-state index contributed by atoms with van der Waals surface area (Å²) in [6.07, 6.45) is 4.39. The van der Waals surface area contributed by atoms with Crippen molar-refractivity contribution in [2.75, 3.05) is 5.32 Å². The van der Waals surface area contributed by atoms with Crippen molar-refractivity contribution >= 4 is 28.8 Å². The molecule has 0 unspecified atom stereocenters. The summed E-state index contributed by atoms with van der Waals surface area (Å²) in [5.74, 6) is -0.443. The van der Waals surface area contributed by atoms with E-state index in [1.54, 1.807) is 12.3 Å². The number of aromatic amines is 1. The minimum atomic E-state index is -0.443. The van der Waals surface area contributed by atoms with Crippen LogP contribution in [0.3, 0.4) is 0 Å². The number of H-pyrrole nitrogens is 1. The van der Waals surface area contributed by atoms with Gasteiger partial charge in [0, 0.05) is 29.0 Å². The molecule has 3 N–H and O–H groups in total. The summed E-state index contributed by atoms with van der Waals surface area (Å²) in [7, 11) is 0. The standard InChI is InChI=1S/C15H12N4O/c16-8-14(20)19-13-3-1-2-10(7-13)12-6-11-4-5-17-15(11)18-9-12/h1-9,16H,(H,17,18)(H,19,20). The number of hydrogen-bond donors (Lipinski definition) is 3. The molecule has 1 aromatic carbocycles. The van der Waals surface area contributed by atoms with Gasteiger partial charge in [0.05, 0.1) is 6.21 Å². The molecule has 0 aliphatic carbocycles. The second kappa shape index (κ2) is 4.97. The lowest BCUT2D eigenvalue weighted by atomic mass is 10.1. The molecule has 2 aromatic heterocycles. The lowest BCUT2D eigenvalue weighted by molar-refractivity contribution is -0.110. The molecule has 3 rings (SSSR count). The van der Waals surface area contributed by atoms with Gasteiger partial charge < -0.3 is 15.7 Å². The minimum absolute atomic E-state index is 0.443. The van der Waals surface area contributed by atoms with Gasteiger partial charge in [-0.2, -0.15) is 0 Å². The molecular weight excluding hydrogens is 252 g/mol. The van der Waals surface area contributed by atoms with E-state index >= 15 is 0 Å². The molecule has 0 aliphatic rings. The van der Waals surface area contributed by atoms with Gasteiger partial charge in [0.25, 0.3) is 5.91 Å². The summed E-state index contributed by atoms with van der Waals surface area (Å²) < 4.78 is 0. The van der Waals surface area contributed by atoms with Crippen molar-refractivity contribution < 1.29 is 4.79 Å². The number of carbonyl (C=O) groups is 1. The number of nitrogens with zero attached hydrogens (tertiary/aromatic N) is 1. The molecule has 5 nitrogen and oxygen atoms in total. The van der Waals surface area contributed by atoms with Crippen molar-refractivity contribution in [1.82, 2.24) is 9.97 Å². The number of benzene rings is 1. The summed E-state index contributed by atoms with van der Waals surface area (Å²) in [5, 5.41) is 10.6. The van der Waals surface area contributed by atoms with Crippen LogP contribution in [0.25, 0.3) is 22.2 Å². The van der Waals surface area contributed by atoms with Gasteiger partial charge in [0.15, 0.2) is 0 Å². The predicted octanol–water partition coefficient (Wildman–Crippen LogP) is 2.82. The molecule has 98 valence electrons. The van der Waals surface area contributed by atoms with Gasteiger partial charge in [-0.1, -0.05) is 12.1 Å². The van der Waals surface area contributed by atoms with Crippen LogP contribution in [0.1, 0.15) is 0 Å². The number of fused-ring (bicyclic) bond motifs is 1. The Hall–Kier alpha value is -2.95. The molecule has 0 atom stereocenters. The zero-order chi connectivity index (χ0) is 13.9. The fourth-order valence-electron chi connectivity index (χ4n) is 2.05. The first-order valence-corrected chi connectivity index (χ1v) is 6.11. The normalized spacial score (nSPS) is 10.4. The molecule has 1 amide bonds. The number of anilines is 1. The highest BCUT2D eigenvalue weighted by Gasteiger charge is 2.04. The Labute approximate surface area is 115 Å². The largest absolute Gasteiger partial charge is 0.346 e. The van der Waals surface area contributed by atoms with Crippen LogP contribution in [-0.4, -0.2) is 22.1 Å². The number of carbonyl (C=O) groups excluding carboxylic acids is 1. The number of nitrogens with one attached hydrogen (secondary N) is 3. The van der Waals surface area contributed by atoms with E-state index in [1.807, 2.05) is 36.5 Å². The fourth-order valence-corrected chi connectivity index (χ4v) is 2.05. The Morgan fingerprint density at radius 1 is 1.25 bits per heavy atom. The van der Waals surface area contributed by atoms with E-state index in [-0.39, 0.29) is 0 Å². The highest BCUT2D eigenvalue weighted by atomic mass is 16.1. The number of aromatic nitrogens is 2. The first-order chi connectivity index (χ1) is 9.76. The molecule has 0 radical (unpaired) electrons. The zero-order valence-corrected chi connectivity index (χ0v) is 10.6. The summed E-state index contributed by atoms with van der Waals surface area (Å²) in [4.78, 5) is 18.6. The summed E-state index contributed by atoms with van der Waals surface area (Å²) in [5.41, 5.74) is 3.44. The van der Waals surface area contributed by atoms with Gasteiger partial charge in [0.1, 0.15) is 5.65 Å². The molecule has 2 heterocycles. The summed E-state index contributed by atoms with van der Waals surface area (Å²) in [6.45, 7) is 0. The Balaban J connectivity index is 1.98. The first-order valence-electron chi connectivity index (χ1n) is 6.11. The van der Waals surface area contributed by atoms with Crippen LogP contribution in [0.2, 0.25) is 0 Å².